The van der Waals surface area contributed by atoms with Crippen LogP contribution in [0.5, 0.6) is 0 Å². The van der Waals surface area contributed by atoms with Gasteiger partial charge in [-0.1, -0.05) is 27.2 Å². The molecule has 0 saturated carbocycles. The van der Waals surface area contributed by atoms with Crippen LogP contribution >= 0.6 is 0 Å². The van der Waals surface area contributed by atoms with Crippen LogP contribution in [0.3, 0.4) is 0 Å². The minimum absolute atomic E-state index is 0.274. The standard InChI is InChI=1S/C19H24N2O4/c1-19(2,3)10-4-5-11-20-17(23)18(24)21-14-7-8-15-13(12-14)6-9-16(22)25-15/h6-9,12H,4-5,10-11H2,1-3H3,(H,20,23)(H,21,24). The number of hydrogen-bond donors (Lipinski definition) is 2. The Balaban J connectivity index is 1.83. The molecule has 0 fully saturated rings. The average molecular weight is 344 g/mol. The summed E-state index contributed by atoms with van der Waals surface area (Å²) in [5.74, 6) is -1.37. The lowest BCUT2D eigenvalue weighted by Gasteiger charge is -2.17. The summed E-state index contributed by atoms with van der Waals surface area (Å²) in [6, 6.07) is 7.72. The lowest BCUT2D eigenvalue weighted by atomic mass is 9.90. The number of carbonyl (C=O) groups excluding carboxylic acids is 2. The first-order valence-electron chi connectivity index (χ1n) is 8.38. The van der Waals surface area contributed by atoms with Crippen LogP contribution < -0.4 is 16.3 Å². The molecule has 6 nitrogen and oxygen atoms in total. The Morgan fingerprint density at radius 2 is 1.80 bits per heavy atom. The van der Waals surface area contributed by atoms with Crippen molar-refractivity contribution in [1.82, 2.24) is 5.32 Å². The van der Waals surface area contributed by atoms with Crippen molar-refractivity contribution in [2.75, 3.05) is 11.9 Å². The van der Waals surface area contributed by atoms with E-state index >= 15 is 0 Å². The second-order valence-electron chi connectivity index (χ2n) is 7.23. The fraction of sp³-hybridized carbons (Fsp3) is 0.421. The van der Waals surface area contributed by atoms with Crippen molar-refractivity contribution >= 4 is 28.5 Å². The van der Waals surface area contributed by atoms with Crippen LogP contribution in [-0.2, 0) is 9.59 Å². The van der Waals surface area contributed by atoms with Gasteiger partial charge in [0, 0.05) is 23.7 Å². The zero-order valence-corrected chi connectivity index (χ0v) is 14.8. The molecular weight excluding hydrogens is 320 g/mol. The highest BCUT2D eigenvalue weighted by atomic mass is 16.4. The third-order valence-corrected chi connectivity index (χ3v) is 3.72. The van der Waals surface area contributed by atoms with E-state index in [1.54, 1.807) is 24.3 Å². The van der Waals surface area contributed by atoms with Gasteiger partial charge in [-0.15, -0.1) is 0 Å². The molecule has 0 aliphatic rings. The maximum absolute atomic E-state index is 11.9. The number of hydrogen-bond acceptors (Lipinski definition) is 4. The Morgan fingerprint density at radius 3 is 2.52 bits per heavy atom. The molecule has 0 radical (unpaired) electrons. The van der Waals surface area contributed by atoms with Crippen molar-refractivity contribution in [3.63, 3.8) is 0 Å². The molecule has 2 rings (SSSR count). The third-order valence-electron chi connectivity index (χ3n) is 3.72. The smallest absolute Gasteiger partial charge is 0.336 e. The molecule has 6 heteroatoms. The highest BCUT2D eigenvalue weighted by molar-refractivity contribution is 6.39. The molecule has 0 unspecified atom stereocenters. The first-order valence-corrected chi connectivity index (χ1v) is 8.38. The van der Waals surface area contributed by atoms with E-state index in [1.165, 1.54) is 6.07 Å². The summed E-state index contributed by atoms with van der Waals surface area (Å²) in [7, 11) is 0. The van der Waals surface area contributed by atoms with Crippen LogP contribution in [0.1, 0.15) is 40.0 Å². The summed E-state index contributed by atoms with van der Waals surface area (Å²) < 4.78 is 5.02. The van der Waals surface area contributed by atoms with Crippen LogP contribution in [0.25, 0.3) is 11.0 Å². The van der Waals surface area contributed by atoms with Gasteiger partial charge in [-0.05, 0) is 42.5 Å². The summed E-state index contributed by atoms with van der Waals surface area (Å²) in [6.07, 6.45) is 2.91. The Morgan fingerprint density at radius 1 is 1.04 bits per heavy atom. The predicted molar refractivity (Wildman–Crippen MR) is 97.4 cm³/mol. The highest BCUT2D eigenvalue weighted by Gasteiger charge is 2.14. The van der Waals surface area contributed by atoms with E-state index in [9.17, 15) is 14.4 Å². The molecule has 25 heavy (non-hydrogen) atoms. The summed E-state index contributed by atoms with van der Waals surface area (Å²) in [5.41, 5.74) is 0.731. The van der Waals surface area contributed by atoms with Crippen molar-refractivity contribution < 1.29 is 14.0 Å². The van der Waals surface area contributed by atoms with Gasteiger partial charge in [0.25, 0.3) is 0 Å². The summed E-state index contributed by atoms with van der Waals surface area (Å²) >= 11 is 0. The number of anilines is 1. The molecule has 0 atom stereocenters. The monoisotopic (exact) mass is 344 g/mol. The van der Waals surface area contributed by atoms with Crippen LogP contribution in [-0.4, -0.2) is 18.4 Å². The van der Waals surface area contributed by atoms with Gasteiger partial charge in [-0.3, -0.25) is 9.59 Å². The topological polar surface area (TPSA) is 88.4 Å². The fourth-order valence-electron chi connectivity index (χ4n) is 2.40. The van der Waals surface area contributed by atoms with E-state index in [1.807, 2.05) is 0 Å². The van der Waals surface area contributed by atoms with Gasteiger partial charge < -0.3 is 15.1 Å². The molecule has 0 aliphatic heterocycles. The van der Waals surface area contributed by atoms with Crippen LogP contribution in [0, 0.1) is 5.41 Å². The van der Waals surface area contributed by atoms with Crippen molar-refractivity contribution in [1.29, 1.82) is 0 Å². The Hall–Kier alpha value is -2.63. The fourth-order valence-corrected chi connectivity index (χ4v) is 2.40. The third kappa shape index (κ3) is 6.06. The van der Waals surface area contributed by atoms with Gasteiger partial charge in [0.05, 0.1) is 0 Å². The molecule has 2 N–H and O–H groups in total. The maximum Gasteiger partial charge on any atom is 0.336 e. The molecule has 0 saturated heterocycles. The number of fused-ring (bicyclic) bond motifs is 1. The Bertz CT molecular complexity index is 818. The zero-order chi connectivity index (χ0) is 18.4. The minimum atomic E-state index is -0.715. The van der Waals surface area contributed by atoms with E-state index in [2.05, 4.69) is 31.4 Å². The summed E-state index contributed by atoms with van der Waals surface area (Å²) in [5, 5.41) is 5.83. The largest absolute Gasteiger partial charge is 0.423 e. The quantitative estimate of drug-likeness (QED) is 0.496. The number of carbonyl (C=O) groups is 2. The van der Waals surface area contributed by atoms with Gasteiger partial charge in [0.15, 0.2) is 0 Å². The Labute approximate surface area is 146 Å². The van der Waals surface area contributed by atoms with Crippen molar-refractivity contribution in [2.24, 2.45) is 5.41 Å². The number of nitrogens with one attached hydrogen (secondary N) is 2. The van der Waals surface area contributed by atoms with Gasteiger partial charge in [0.1, 0.15) is 5.58 Å². The molecule has 134 valence electrons. The number of unbranched alkanes of at least 4 members (excludes halogenated alkanes) is 1. The lowest BCUT2D eigenvalue weighted by Crippen LogP contribution is -2.35. The Kier molecular flexibility index (Phi) is 5.96. The van der Waals surface area contributed by atoms with Crippen LogP contribution in [0.2, 0.25) is 0 Å². The van der Waals surface area contributed by atoms with E-state index in [-0.39, 0.29) is 5.41 Å². The van der Waals surface area contributed by atoms with Crippen LogP contribution in [0.4, 0.5) is 5.69 Å². The molecule has 0 aliphatic carbocycles. The first-order chi connectivity index (χ1) is 11.7. The van der Waals surface area contributed by atoms with Gasteiger partial charge in [-0.2, -0.15) is 0 Å². The van der Waals surface area contributed by atoms with E-state index in [0.29, 0.717) is 23.2 Å². The van der Waals surface area contributed by atoms with Crippen molar-refractivity contribution in [2.45, 2.75) is 40.0 Å². The number of benzene rings is 1. The molecule has 1 aromatic heterocycles. The molecule has 1 heterocycles. The van der Waals surface area contributed by atoms with Gasteiger partial charge in [-0.25, -0.2) is 4.79 Å². The SMILES string of the molecule is CC(C)(C)CCCCNC(=O)C(=O)Nc1ccc2oc(=O)ccc2c1. The van der Waals surface area contributed by atoms with Crippen LogP contribution in [0.15, 0.2) is 39.5 Å². The van der Waals surface area contributed by atoms with Gasteiger partial charge >= 0.3 is 17.4 Å². The van der Waals surface area contributed by atoms with E-state index in [0.717, 1.165) is 19.3 Å². The second-order valence-corrected chi connectivity index (χ2v) is 7.23. The molecular formula is C19H24N2O4. The van der Waals surface area contributed by atoms with Crippen molar-refractivity contribution in [3.8, 4) is 0 Å². The predicted octanol–water partition coefficient (Wildman–Crippen LogP) is 3.06. The molecule has 0 bridgehead atoms. The average Bonchev–Trinajstić information content (AvgIpc) is 2.53. The lowest BCUT2D eigenvalue weighted by molar-refractivity contribution is -0.136. The van der Waals surface area contributed by atoms with E-state index < -0.39 is 17.4 Å². The molecule has 2 aromatic rings. The second kappa shape index (κ2) is 7.96. The summed E-state index contributed by atoms with van der Waals surface area (Å²) in [6.45, 7) is 7.00. The number of amides is 2. The summed E-state index contributed by atoms with van der Waals surface area (Å²) in [4.78, 5) is 34.9. The zero-order valence-electron chi connectivity index (χ0n) is 14.8. The normalized spacial score (nSPS) is 11.3. The van der Waals surface area contributed by atoms with Gasteiger partial charge in [0.2, 0.25) is 0 Å². The maximum atomic E-state index is 11.9. The molecule has 1 aromatic carbocycles. The highest BCUT2D eigenvalue weighted by Crippen LogP contribution is 2.21. The molecule has 2 amide bonds. The minimum Gasteiger partial charge on any atom is -0.423 e. The number of rotatable bonds is 5. The van der Waals surface area contributed by atoms with Crippen molar-refractivity contribution in [3.05, 3.63) is 40.8 Å². The molecule has 0 spiro atoms. The first kappa shape index (κ1) is 18.7. The van der Waals surface area contributed by atoms with E-state index in [4.69, 9.17) is 4.42 Å².